The van der Waals surface area contributed by atoms with Crippen LogP contribution in [0.4, 0.5) is 11.6 Å². The van der Waals surface area contributed by atoms with Gasteiger partial charge in [-0.15, -0.1) is 5.10 Å². The van der Waals surface area contributed by atoms with Gasteiger partial charge in [0.1, 0.15) is 0 Å². The van der Waals surface area contributed by atoms with E-state index in [1.165, 1.54) is 5.69 Å². The Balaban J connectivity index is 2.18. The molecule has 0 aliphatic heterocycles. The van der Waals surface area contributed by atoms with Crippen LogP contribution in [0.15, 0.2) is 42.6 Å². The highest BCUT2D eigenvalue weighted by molar-refractivity contribution is 5.79. The molecular formula is C14H15N5. The summed E-state index contributed by atoms with van der Waals surface area (Å²) in [6.45, 7) is 0. The van der Waals surface area contributed by atoms with Crippen molar-refractivity contribution in [3.05, 3.63) is 42.6 Å². The van der Waals surface area contributed by atoms with E-state index < -0.39 is 0 Å². The fourth-order valence-corrected chi connectivity index (χ4v) is 2.17. The Morgan fingerprint density at radius 1 is 1.16 bits per heavy atom. The lowest BCUT2D eigenvalue weighted by Gasteiger charge is -2.17. The minimum absolute atomic E-state index is 0.290. The summed E-state index contributed by atoms with van der Waals surface area (Å²) in [5, 5.41) is 4.08. The van der Waals surface area contributed by atoms with Gasteiger partial charge in [0.05, 0.1) is 0 Å². The van der Waals surface area contributed by atoms with Crippen molar-refractivity contribution in [3.63, 3.8) is 0 Å². The van der Waals surface area contributed by atoms with E-state index in [-0.39, 0.29) is 5.95 Å². The van der Waals surface area contributed by atoms with Gasteiger partial charge in [-0.05, 0) is 23.8 Å². The number of para-hydroxylation sites is 1. The topological polar surface area (TPSA) is 59.5 Å². The Labute approximate surface area is 111 Å². The van der Waals surface area contributed by atoms with Crippen molar-refractivity contribution >= 4 is 17.3 Å². The summed E-state index contributed by atoms with van der Waals surface area (Å²) in [6.07, 6.45) is 1.88. The third-order valence-electron chi connectivity index (χ3n) is 3.05. The van der Waals surface area contributed by atoms with Crippen molar-refractivity contribution < 1.29 is 0 Å². The first-order valence-corrected chi connectivity index (χ1v) is 6.04. The second-order valence-corrected chi connectivity index (χ2v) is 4.60. The number of rotatable bonds is 2. The molecule has 0 bridgehead atoms. The van der Waals surface area contributed by atoms with E-state index in [0.29, 0.717) is 0 Å². The van der Waals surface area contributed by atoms with Crippen LogP contribution in [0.3, 0.4) is 0 Å². The number of hydrogen-bond donors (Lipinski definition) is 1. The molecule has 2 N–H and O–H groups in total. The van der Waals surface area contributed by atoms with Crippen LogP contribution in [0, 0.1) is 0 Å². The maximum atomic E-state index is 5.61. The highest BCUT2D eigenvalue weighted by atomic mass is 15.3. The summed E-state index contributed by atoms with van der Waals surface area (Å²) < 4.78 is 1.68. The SMILES string of the molecule is CN(C)c1ccccc1-c1ccn2nc(N)nc2c1. The number of anilines is 2. The summed E-state index contributed by atoms with van der Waals surface area (Å²) in [5.74, 6) is 0.290. The second-order valence-electron chi connectivity index (χ2n) is 4.60. The lowest BCUT2D eigenvalue weighted by molar-refractivity contribution is 0.968. The second kappa shape index (κ2) is 4.28. The van der Waals surface area contributed by atoms with E-state index in [4.69, 9.17) is 5.73 Å². The molecule has 5 heteroatoms. The molecule has 0 saturated heterocycles. The molecule has 0 spiro atoms. The van der Waals surface area contributed by atoms with Crippen LogP contribution in [0.1, 0.15) is 0 Å². The number of aromatic nitrogens is 3. The molecule has 2 aromatic heterocycles. The summed E-state index contributed by atoms with van der Waals surface area (Å²) in [6, 6.07) is 12.3. The maximum Gasteiger partial charge on any atom is 0.240 e. The van der Waals surface area contributed by atoms with Crippen molar-refractivity contribution in [2.45, 2.75) is 0 Å². The van der Waals surface area contributed by atoms with E-state index in [1.807, 2.05) is 44.6 Å². The standard InChI is InChI=1S/C14H15N5/c1-18(2)12-6-4-3-5-11(12)10-7-8-19-13(9-10)16-14(15)17-19/h3-9H,1-2H3,(H2,15,17). The summed E-state index contributed by atoms with van der Waals surface area (Å²) >= 11 is 0. The maximum absolute atomic E-state index is 5.61. The molecule has 0 saturated carbocycles. The molecule has 3 rings (SSSR count). The minimum atomic E-state index is 0.290. The molecule has 0 amide bonds. The molecule has 2 heterocycles. The highest BCUT2D eigenvalue weighted by Crippen LogP contribution is 2.29. The molecule has 96 valence electrons. The smallest absolute Gasteiger partial charge is 0.240 e. The molecule has 19 heavy (non-hydrogen) atoms. The molecule has 0 unspecified atom stereocenters. The van der Waals surface area contributed by atoms with E-state index >= 15 is 0 Å². The van der Waals surface area contributed by atoms with Crippen LogP contribution >= 0.6 is 0 Å². The van der Waals surface area contributed by atoms with Gasteiger partial charge in [-0.3, -0.25) is 0 Å². The zero-order valence-electron chi connectivity index (χ0n) is 10.9. The Bertz CT molecular complexity index is 730. The number of benzene rings is 1. The highest BCUT2D eigenvalue weighted by Gasteiger charge is 2.08. The summed E-state index contributed by atoms with van der Waals surface area (Å²) in [5.41, 5.74) is 9.79. The van der Waals surface area contributed by atoms with Gasteiger partial charge < -0.3 is 10.6 Å². The lowest BCUT2D eigenvalue weighted by atomic mass is 10.0. The molecule has 1 aromatic carbocycles. The molecule has 0 aliphatic carbocycles. The van der Waals surface area contributed by atoms with Crippen molar-refractivity contribution in [2.75, 3.05) is 24.7 Å². The predicted octanol–water partition coefficient (Wildman–Crippen LogP) is 2.04. The summed E-state index contributed by atoms with van der Waals surface area (Å²) in [4.78, 5) is 6.28. The zero-order chi connectivity index (χ0) is 13.4. The van der Waals surface area contributed by atoms with Gasteiger partial charge in [0.15, 0.2) is 5.65 Å². The Morgan fingerprint density at radius 2 is 1.95 bits per heavy atom. The predicted molar refractivity (Wildman–Crippen MR) is 77.2 cm³/mol. The van der Waals surface area contributed by atoms with E-state index in [0.717, 1.165) is 16.8 Å². The van der Waals surface area contributed by atoms with Crippen LogP contribution in [-0.4, -0.2) is 28.7 Å². The van der Waals surface area contributed by atoms with Gasteiger partial charge in [0.2, 0.25) is 5.95 Å². The lowest BCUT2D eigenvalue weighted by Crippen LogP contribution is -2.09. The molecule has 0 fully saturated rings. The quantitative estimate of drug-likeness (QED) is 0.759. The molecule has 0 atom stereocenters. The van der Waals surface area contributed by atoms with E-state index in [2.05, 4.69) is 27.1 Å². The third-order valence-corrected chi connectivity index (χ3v) is 3.05. The average Bonchev–Trinajstić information content (AvgIpc) is 2.77. The van der Waals surface area contributed by atoms with Crippen molar-refractivity contribution in [1.82, 2.24) is 14.6 Å². The van der Waals surface area contributed by atoms with Gasteiger partial charge in [0.25, 0.3) is 0 Å². The molecule has 5 nitrogen and oxygen atoms in total. The zero-order valence-corrected chi connectivity index (χ0v) is 10.9. The van der Waals surface area contributed by atoms with Crippen molar-refractivity contribution in [3.8, 4) is 11.1 Å². The number of nitrogen functional groups attached to an aromatic ring is 1. The van der Waals surface area contributed by atoms with Crippen LogP contribution in [0.25, 0.3) is 16.8 Å². The van der Waals surface area contributed by atoms with Crippen LogP contribution < -0.4 is 10.6 Å². The van der Waals surface area contributed by atoms with E-state index in [1.54, 1.807) is 4.52 Å². The van der Waals surface area contributed by atoms with Crippen molar-refractivity contribution in [2.24, 2.45) is 0 Å². The van der Waals surface area contributed by atoms with Gasteiger partial charge in [-0.25, -0.2) is 4.52 Å². The molecule has 3 aromatic rings. The first-order chi connectivity index (χ1) is 9.15. The fourth-order valence-electron chi connectivity index (χ4n) is 2.17. The Morgan fingerprint density at radius 3 is 2.74 bits per heavy atom. The largest absolute Gasteiger partial charge is 0.377 e. The van der Waals surface area contributed by atoms with E-state index in [9.17, 15) is 0 Å². The third kappa shape index (κ3) is 1.99. The van der Waals surface area contributed by atoms with Gasteiger partial charge in [-0.2, -0.15) is 4.98 Å². The Hall–Kier alpha value is -2.56. The van der Waals surface area contributed by atoms with Gasteiger partial charge >= 0.3 is 0 Å². The molecule has 0 radical (unpaired) electrons. The van der Waals surface area contributed by atoms with Crippen molar-refractivity contribution in [1.29, 1.82) is 0 Å². The molecular weight excluding hydrogens is 238 g/mol. The van der Waals surface area contributed by atoms with Gasteiger partial charge in [0, 0.05) is 31.5 Å². The van der Waals surface area contributed by atoms with Crippen LogP contribution in [-0.2, 0) is 0 Å². The first-order valence-electron chi connectivity index (χ1n) is 6.04. The minimum Gasteiger partial charge on any atom is -0.377 e. The number of hydrogen-bond acceptors (Lipinski definition) is 4. The molecule has 0 aliphatic rings. The fraction of sp³-hybridized carbons (Fsp3) is 0.143. The number of fused-ring (bicyclic) bond motifs is 1. The number of pyridine rings is 1. The Kier molecular flexibility index (Phi) is 2.59. The number of nitrogens with two attached hydrogens (primary N) is 1. The number of nitrogens with zero attached hydrogens (tertiary/aromatic N) is 4. The monoisotopic (exact) mass is 253 g/mol. The van der Waals surface area contributed by atoms with Gasteiger partial charge in [-0.1, -0.05) is 18.2 Å². The summed E-state index contributed by atoms with van der Waals surface area (Å²) in [7, 11) is 4.07. The average molecular weight is 253 g/mol. The van der Waals surface area contributed by atoms with Crippen LogP contribution in [0.5, 0.6) is 0 Å². The first kappa shape index (κ1) is 11.5. The van der Waals surface area contributed by atoms with Crippen LogP contribution in [0.2, 0.25) is 0 Å². The normalized spacial score (nSPS) is 10.8.